The van der Waals surface area contributed by atoms with Crippen LogP contribution >= 0.6 is 34.5 Å². The number of nitrogens with one attached hydrogen (secondary N) is 3. The molecule has 3 N–H and O–H groups in total. The lowest BCUT2D eigenvalue weighted by Gasteiger charge is -2.03. The fourth-order valence-corrected chi connectivity index (χ4v) is 3.37. The highest BCUT2D eigenvalue weighted by atomic mass is 35.5. The van der Waals surface area contributed by atoms with Crippen molar-refractivity contribution >= 4 is 73.4 Å². The predicted octanol–water partition coefficient (Wildman–Crippen LogP) is 3.69. The van der Waals surface area contributed by atoms with Crippen molar-refractivity contribution < 1.29 is 19.1 Å². The van der Waals surface area contributed by atoms with Crippen molar-refractivity contribution in [2.24, 2.45) is 0 Å². The van der Waals surface area contributed by atoms with E-state index in [1.165, 1.54) is 24.5 Å². The summed E-state index contributed by atoms with van der Waals surface area (Å²) in [6, 6.07) is 6.45. The summed E-state index contributed by atoms with van der Waals surface area (Å²) in [7, 11) is 1.21. The van der Waals surface area contributed by atoms with Crippen LogP contribution in [0.1, 0.15) is 16.9 Å². The third kappa shape index (κ3) is 4.57. The minimum Gasteiger partial charge on any atom is -0.469 e. The van der Waals surface area contributed by atoms with E-state index in [1.54, 1.807) is 18.2 Å². The van der Waals surface area contributed by atoms with Crippen molar-refractivity contribution in [2.75, 3.05) is 17.7 Å². The van der Waals surface area contributed by atoms with Crippen molar-refractivity contribution in [1.29, 1.82) is 0 Å². The first-order valence-electron chi connectivity index (χ1n) is 7.48. The number of fused-ring (bicyclic) bond motifs is 1. The number of halogens is 2. The molecule has 0 atom stereocenters. The topological polar surface area (TPSA) is 113 Å². The van der Waals surface area contributed by atoms with Gasteiger partial charge < -0.3 is 15.0 Å². The minimum absolute atomic E-state index is 0.179. The zero-order valence-electron chi connectivity index (χ0n) is 13.8. The molecule has 0 bridgehead atoms. The molecule has 0 unspecified atom stereocenters. The summed E-state index contributed by atoms with van der Waals surface area (Å²) < 4.78 is 5.19. The summed E-state index contributed by atoms with van der Waals surface area (Å²) in [4.78, 5) is 42.0. The summed E-state index contributed by atoms with van der Waals surface area (Å²) in [5.41, 5.74) is 1.35. The second-order valence-electron chi connectivity index (χ2n) is 5.30. The van der Waals surface area contributed by atoms with Gasteiger partial charge in [-0.2, -0.15) is 0 Å². The van der Waals surface area contributed by atoms with Gasteiger partial charge in [-0.05, 0) is 24.3 Å². The summed E-state index contributed by atoms with van der Waals surface area (Å²) >= 11 is 12.8. The number of hydrogen-bond donors (Lipinski definition) is 3. The molecule has 1 aromatic carbocycles. The zero-order chi connectivity index (χ0) is 19.6. The van der Waals surface area contributed by atoms with E-state index in [4.69, 9.17) is 23.2 Å². The molecule has 3 aromatic rings. The lowest BCUT2D eigenvalue weighted by Crippen LogP contribution is -2.17. The molecule has 2 heterocycles. The van der Waals surface area contributed by atoms with Crippen molar-refractivity contribution in [2.45, 2.75) is 6.42 Å². The Labute approximate surface area is 166 Å². The number of aromatic nitrogens is 2. The lowest BCUT2D eigenvalue weighted by atomic mass is 10.3. The van der Waals surface area contributed by atoms with Crippen molar-refractivity contribution in [1.82, 2.24) is 9.97 Å². The molecule has 3 rings (SSSR count). The number of anilines is 2. The van der Waals surface area contributed by atoms with Gasteiger partial charge in [0, 0.05) is 5.69 Å². The van der Waals surface area contributed by atoms with E-state index >= 15 is 0 Å². The molecule has 0 aliphatic rings. The van der Waals surface area contributed by atoms with Crippen molar-refractivity contribution in [3.8, 4) is 0 Å². The highest BCUT2D eigenvalue weighted by Gasteiger charge is 2.15. The van der Waals surface area contributed by atoms with Crippen LogP contribution in [-0.4, -0.2) is 34.9 Å². The van der Waals surface area contributed by atoms with Gasteiger partial charge in [0.05, 0.1) is 22.3 Å². The van der Waals surface area contributed by atoms with Gasteiger partial charge in [-0.25, -0.2) is 4.98 Å². The van der Waals surface area contributed by atoms with E-state index in [-0.39, 0.29) is 22.3 Å². The van der Waals surface area contributed by atoms with E-state index in [0.717, 1.165) is 4.70 Å². The lowest BCUT2D eigenvalue weighted by molar-refractivity contribution is -0.142. The molecule has 11 heteroatoms. The largest absolute Gasteiger partial charge is 0.469 e. The number of carbonyl (C=O) groups is 3. The van der Waals surface area contributed by atoms with Crippen molar-refractivity contribution in [3.05, 3.63) is 40.1 Å². The van der Waals surface area contributed by atoms with Gasteiger partial charge in [-0.1, -0.05) is 34.5 Å². The quantitative estimate of drug-likeness (QED) is 0.425. The second-order valence-corrected chi connectivity index (χ2v) is 7.12. The Hall–Kier alpha value is -2.62. The highest BCUT2D eigenvalue weighted by molar-refractivity contribution is 7.22. The monoisotopic (exact) mass is 426 g/mol. The molecule has 0 spiro atoms. The maximum atomic E-state index is 12.2. The van der Waals surface area contributed by atoms with Gasteiger partial charge >= 0.3 is 5.97 Å². The summed E-state index contributed by atoms with van der Waals surface area (Å²) in [5.74, 6) is -1.55. The molecular formula is C16H12Cl2N4O4S. The number of aromatic amines is 1. The number of amides is 2. The van der Waals surface area contributed by atoms with Gasteiger partial charge in [0.15, 0.2) is 5.13 Å². The van der Waals surface area contributed by atoms with Crippen LogP contribution < -0.4 is 10.6 Å². The van der Waals surface area contributed by atoms with Gasteiger partial charge in [0.1, 0.15) is 17.3 Å². The molecule has 0 fully saturated rings. The fraction of sp³-hybridized carbons (Fsp3) is 0.125. The second kappa shape index (κ2) is 7.95. The number of nitrogens with zero attached hydrogens (tertiary/aromatic N) is 1. The maximum absolute atomic E-state index is 12.2. The zero-order valence-corrected chi connectivity index (χ0v) is 16.1. The van der Waals surface area contributed by atoms with Crippen LogP contribution in [0, 0.1) is 0 Å². The van der Waals surface area contributed by atoms with E-state index < -0.39 is 17.8 Å². The number of esters is 1. The average molecular weight is 427 g/mol. The summed E-state index contributed by atoms with van der Waals surface area (Å²) in [5, 5.41) is 6.05. The first-order chi connectivity index (χ1) is 12.9. The normalized spacial score (nSPS) is 10.6. The molecule has 0 radical (unpaired) electrons. The van der Waals surface area contributed by atoms with Crippen LogP contribution in [0.2, 0.25) is 10.2 Å². The first-order valence-corrected chi connectivity index (χ1v) is 9.05. The molecule has 0 saturated carbocycles. The molecule has 140 valence electrons. The number of methoxy groups -OCH3 is 1. The third-order valence-electron chi connectivity index (χ3n) is 3.40. The molecule has 2 aromatic heterocycles. The average Bonchev–Trinajstić information content (AvgIpc) is 3.17. The summed E-state index contributed by atoms with van der Waals surface area (Å²) in [6.07, 6.45) is -0.375. The first kappa shape index (κ1) is 19.2. The molecular weight excluding hydrogens is 415 g/mol. The fourth-order valence-electron chi connectivity index (χ4n) is 2.16. The standard InChI is InChI=1S/C16H12Cl2N4O4S/c1-26-13(24)6-12(23)19-7-2-3-9-11(4-7)27-16(21-9)22-15(25)10-5-8(17)14(18)20-10/h2-5,20H,6H2,1H3,(H,19,23)(H,21,22,25). The molecule has 8 nitrogen and oxygen atoms in total. The van der Waals surface area contributed by atoms with Crippen LogP contribution in [0.25, 0.3) is 10.2 Å². The van der Waals surface area contributed by atoms with E-state index in [0.29, 0.717) is 16.3 Å². The smallest absolute Gasteiger partial charge is 0.315 e. The van der Waals surface area contributed by atoms with E-state index in [2.05, 4.69) is 25.3 Å². The van der Waals surface area contributed by atoms with Crippen LogP contribution in [0.5, 0.6) is 0 Å². The Morgan fingerprint density at radius 3 is 2.67 bits per heavy atom. The molecule has 0 saturated heterocycles. The van der Waals surface area contributed by atoms with Crippen molar-refractivity contribution in [3.63, 3.8) is 0 Å². The van der Waals surface area contributed by atoms with Gasteiger partial charge in [-0.3, -0.25) is 19.7 Å². The number of hydrogen-bond acceptors (Lipinski definition) is 6. The number of rotatable bonds is 5. The minimum atomic E-state index is -0.624. The molecule has 2 amide bonds. The van der Waals surface area contributed by atoms with Crippen LogP contribution in [0.3, 0.4) is 0 Å². The third-order valence-corrected chi connectivity index (χ3v) is 5.02. The Bertz CT molecular complexity index is 1030. The molecule has 27 heavy (non-hydrogen) atoms. The maximum Gasteiger partial charge on any atom is 0.315 e. The Kier molecular flexibility index (Phi) is 5.64. The van der Waals surface area contributed by atoms with E-state index in [9.17, 15) is 14.4 Å². The predicted molar refractivity (Wildman–Crippen MR) is 104 cm³/mol. The van der Waals surface area contributed by atoms with Crippen LogP contribution in [0.15, 0.2) is 24.3 Å². The number of benzene rings is 1. The Morgan fingerprint density at radius 1 is 1.22 bits per heavy atom. The number of ether oxygens (including phenoxy) is 1. The molecule has 0 aliphatic carbocycles. The molecule has 0 aliphatic heterocycles. The van der Waals surface area contributed by atoms with Gasteiger partial charge in [-0.15, -0.1) is 0 Å². The van der Waals surface area contributed by atoms with Gasteiger partial charge in [0.2, 0.25) is 5.91 Å². The number of H-pyrrole nitrogens is 1. The highest BCUT2D eigenvalue weighted by Crippen LogP contribution is 2.29. The van der Waals surface area contributed by atoms with Gasteiger partial charge in [0.25, 0.3) is 5.91 Å². The summed E-state index contributed by atoms with van der Waals surface area (Å²) in [6.45, 7) is 0. The Balaban J connectivity index is 1.72. The van der Waals surface area contributed by atoms with E-state index in [1.807, 2.05) is 0 Å². The van der Waals surface area contributed by atoms with Crippen LogP contribution in [0.4, 0.5) is 10.8 Å². The number of carbonyl (C=O) groups excluding carboxylic acids is 3. The number of thiazole rings is 1. The van der Waals surface area contributed by atoms with Crippen LogP contribution in [-0.2, 0) is 14.3 Å². The SMILES string of the molecule is COC(=O)CC(=O)Nc1ccc2nc(NC(=O)c3cc(Cl)c(Cl)[nH]3)sc2c1. The Morgan fingerprint density at radius 2 is 2.00 bits per heavy atom.